The first-order chi connectivity index (χ1) is 10.6. The number of hydrogen-bond acceptors (Lipinski definition) is 2. The minimum atomic E-state index is 0.00950. The van der Waals surface area contributed by atoms with E-state index in [0.29, 0.717) is 13.0 Å². The summed E-state index contributed by atoms with van der Waals surface area (Å²) in [6.45, 7) is 4.53. The summed E-state index contributed by atoms with van der Waals surface area (Å²) in [7, 11) is 0. The first-order valence-corrected chi connectivity index (χ1v) is 7.39. The molecule has 0 unspecified atom stereocenters. The molecule has 3 rings (SSSR count). The van der Waals surface area contributed by atoms with Crippen molar-refractivity contribution in [1.82, 2.24) is 14.7 Å². The van der Waals surface area contributed by atoms with Gasteiger partial charge in [-0.2, -0.15) is 0 Å². The fourth-order valence-corrected chi connectivity index (χ4v) is 2.59. The summed E-state index contributed by atoms with van der Waals surface area (Å²) in [5, 5.41) is 2.96. The molecule has 0 bridgehead atoms. The molecule has 0 saturated heterocycles. The monoisotopic (exact) mass is 293 g/mol. The number of fused-ring (bicyclic) bond motifs is 1. The van der Waals surface area contributed by atoms with Crippen LogP contribution in [-0.4, -0.2) is 15.3 Å². The Morgan fingerprint density at radius 1 is 1.14 bits per heavy atom. The number of aromatic nitrogens is 2. The molecule has 0 aliphatic rings. The van der Waals surface area contributed by atoms with E-state index in [9.17, 15) is 4.79 Å². The molecule has 2 aromatic heterocycles. The highest BCUT2D eigenvalue weighted by atomic mass is 16.1. The van der Waals surface area contributed by atoms with E-state index in [1.165, 1.54) is 0 Å². The highest BCUT2D eigenvalue weighted by molar-refractivity contribution is 5.78. The third kappa shape index (κ3) is 2.86. The zero-order valence-electron chi connectivity index (χ0n) is 12.8. The summed E-state index contributed by atoms with van der Waals surface area (Å²) in [5.41, 5.74) is 4.99. The molecule has 112 valence electrons. The van der Waals surface area contributed by atoms with E-state index < -0.39 is 0 Å². The van der Waals surface area contributed by atoms with Gasteiger partial charge in [0.1, 0.15) is 5.65 Å². The van der Waals surface area contributed by atoms with Crippen LogP contribution in [0.15, 0.2) is 48.7 Å². The van der Waals surface area contributed by atoms with Gasteiger partial charge in [-0.3, -0.25) is 4.79 Å². The quantitative estimate of drug-likeness (QED) is 0.804. The number of nitrogens with one attached hydrogen (secondary N) is 1. The lowest BCUT2D eigenvalue weighted by atomic mass is 10.2. The molecule has 0 aliphatic heterocycles. The molecule has 22 heavy (non-hydrogen) atoms. The van der Waals surface area contributed by atoms with Crippen molar-refractivity contribution in [3.05, 3.63) is 71.2 Å². The van der Waals surface area contributed by atoms with E-state index in [2.05, 4.69) is 10.3 Å². The first-order valence-electron chi connectivity index (χ1n) is 7.39. The van der Waals surface area contributed by atoms with Crippen LogP contribution in [0.3, 0.4) is 0 Å². The van der Waals surface area contributed by atoms with E-state index in [-0.39, 0.29) is 5.91 Å². The SMILES string of the molecule is Cc1nc2c(C)cccn2c1CC(=O)NCc1ccccc1. The molecule has 4 nitrogen and oxygen atoms in total. The van der Waals surface area contributed by atoms with Gasteiger partial charge in [-0.05, 0) is 31.0 Å². The van der Waals surface area contributed by atoms with Gasteiger partial charge in [-0.15, -0.1) is 0 Å². The van der Waals surface area contributed by atoms with Crippen LogP contribution in [0, 0.1) is 13.8 Å². The second-order valence-corrected chi connectivity index (χ2v) is 5.47. The van der Waals surface area contributed by atoms with Gasteiger partial charge in [0.05, 0.1) is 17.8 Å². The molecule has 1 amide bonds. The first kappa shape index (κ1) is 14.3. The van der Waals surface area contributed by atoms with Crippen LogP contribution in [0.25, 0.3) is 5.65 Å². The molecule has 0 saturated carbocycles. The van der Waals surface area contributed by atoms with Crippen molar-refractivity contribution in [1.29, 1.82) is 0 Å². The fourth-order valence-electron chi connectivity index (χ4n) is 2.59. The van der Waals surface area contributed by atoms with Crippen LogP contribution >= 0.6 is 0 Å². The van der Waals surface area contributed by atoms with Gasteiger partial charge in [0, 0.05) is 12.7 Å². The van der Waals surface area contributed by atoms with Crippen LogP contribution in [0.4, 0.5) is 0 Å². The maximum Gasteiger partial charge on any atom is 0.226 e. The summed E-state index contributed by atoms with van der Waals surface area (Å²) >= 11 is 0. The Hall–Kier alpha value is -2.62. The Labute approximate surface area is 129 Å². The number of carbonyl (C=O) groups excluding carboxylic acids is 1. The fraction of sp³-hybridized carbons (Fsp3) is 0.222. The van der Waals surface area contributed by atoms with Crippen LogP contribution in [-0.2, 0) is 17.8 Å². The van der Waals surface area contributed by atoms with Gasteiger partial charge in [0.15, 0.2) is 0 Å². The van der Waals surface area contributed by atoms with Gasteiger partial charge in [-0.1, -0.05) is 36.4 Å². The van der Waals surface area contributed by atoms with E-state index in [1.807, 2.05) is 66.9 Å². The predicted molar refractivity (Wildman–Crippen MR) is 86.7 cm³/mol. The number of rotatable bonds is 4. The molecule has 0 fully saturated rings. The summed E-state index contributed by atoms with van der Waals surface area (Å²) in [6, 6.07) is 13.9. The molecular formula is C18H19N3O. The normalized spacial score (nSPS) is 10.8. The molecule has 3 aromatic rings. The van der Waals surface area contributed by atoms with Gasteiger partial charge in [0.2, 0.25) is 5.91 Å². The van der Waals surface area contributed by atoms with Gasteiger partial charge >= 0.3 is 0 Å². The Balaban J connectivity index is 1.74. The minimum absolute atomic E-state index is 0.00950. The Morgan fingerprint density at radius 3 is 2.68 bits per heavy atom. The number of amides is 1. The van der Waals surface area contributed by atoms with E-state index >= 15 is 0 Å². The lowest BCUT2D eigenvalue weighted by Gasteiger charge is -2.06. The van der Waals surface area contributed by atoms with Crippen LogP contribution in [0.1, 0.15) is 22.5 Å². The van der Waals surface area contributed by atoms with E-state index in [1.54, 1.807) is 0 Å². The summed E-state index contributed by atoms with van der Waals surface area (Å²) < 4.78 is 2.01. The van der Waals surface area contributed by atoms with Crippen molar-refractivity contribution in [2.45, 2.75) is 26.8 Å². The topological polar surface area (TPSA) is 46.4 Å². The maximum absolute atomic E-state index is 12.2. The molecule has 1 N–H and O–H groups in total. The molecule has 0 aliphatic carbocycles. The highest BCUT2D eigenvalue weighted by Gasteiger charge is 2.13. The van der Waals surface area contributed by atoms with Crippen LogP contribution in [0.2, 0.25) is 0 Å². The minimum Gasteiger partial charge on any atom is -0.352 e. The van der Waals surface area contributed by atoms with Crippen molar-refractivity contribution in [2.24, 2.45) is 0 Å². The van der Waals surface area contributed by atoms with Gasteiger partial charge in [0.25, 0.3) is 0 Å². The average molecular weight is 293 g/mol. The lowest BCUT2D eigenvalue weighted by Crippen LogP contribution is -2.25. The van der Waals surface area contributed by atoms with Crippen LogP contribution in [0.5, 0.6) is 0 Å². The number of aryl methyl sites for hydroxylation is 2. The summed E-state index contributed by atoms with van der Waals surface area (Å²) in [5.74, 6) is 0.00950. The Morgan fingerprint density at radius 2 is 1.91 bits per heavy atom. The average Bonchev–Trinajstić information content (AvgIpc) is 2.84. The number of imidazole rings is 1. The number of carbonyl (C=O) groups is 1. The Bertz CT molecular complexity index is 806. The molecule has 0 atom stereocenters. The molecule has 0 radical (unpaired) electrons. The van der Waals surface area contributed by atoms with Crippen molar-refractivity contribution < 1.29 is 4.79 Å². The predicted octanol–water partition coefficient (Wildman–Crippen LogP) is 2.81. The highest BCUT2D eigenvalue weighted by Crippen LogP contribution is 2.15. The molecule has 2 heterocycles. The second kappa shape index (κ2) is 6.02. The third-order valence-electron chi connectivity index (χ3n) is 3.80. The standard InChI is InChI=1S/C18H19N3O/c1-13-7-6-10-21-16(14(2)20-18(13)21)11-17(22)19-12-15-8-4-3-5-9-15/h3-10H,11-12H2,1-2H3,(H,19,22). The second-order valence-electron chi connectivity index (χ2n) is 5.47. The number of benzene rings is 1. The van der Waals surface area contributed by atoms with Crippen LogP contribution < -0.4 is 5.32 Å². The van der Waals surface area contributed by atoms with Crippen molar-refractivity contribution in [3.63, 3.8) is 0 Å². The Kier molecular flexibility index (Phi) is 3.92. The number of pyridine rings is 1. The molecule has 1 aromatic carbocycles. The third-order valence-corrected chi connectivity index (χ3v) is 3.80. The van der Waals surface area contributed by atoms with Crippen molar-refractivity contribution in [2.75, 3.05) is 0 Å². The summed E-state index contributed by atoms with van der Waals surface area (Å²) in [6.07, 6.45) is 2.30. The largest absolute Gasteiger partial charge is 0.352 e. The smallest absolute Gasteiger partial charge is 0.226 e. The van der Waals surface area contributed by atoms with Gasteiger partial charge in [-0.25, -0.2) is 4.98 Å². The van der Waals surface area contributed by atoms with E-state index in [0.717, 1.165) is 28.2 Å². The lowest BCUT2D eigenvalue weighted by molar-refractivity contribution is -0.120. The molecule has 4 heteroatoms. The van der Waals surface area contributed by atoms with Crippen molar-refractivity contribution in [3.8, 4) is 0 Å². The zero-order valence-corrected chi connectivity index (χ0v) is 12.8. The maximum atomic E-state index is 12.2. The van der Waals surface area contributed by atoms with E-state index in [4.69, 9.17) is 0 Å². The molecular weight excluding hydrogens is 274 g/mol. The number of hydrogen-bond donors (Lipinski definition) is 1. The molecule has 0 spiro atoms. The summed E-state index contributed by atoms with van der Waals surface area (Å²) in [4.78, 5) is 16.8. The van der Waals surface area contributed by atoms with Gasteiger partial charge < -0.3 is 9.72 Å². The zero-order chi connectivity index (χ0) is 15.5. The number of nitrogens with zero attached hydrogens (tertiary/aromatic N) is 2. The van der Waals surface area contributed by atoms with Crippen molar-refractivity contribution >= 4 is 11.6 Å².